The monoisotopic (exact) mass is 641 g/mol. The van der Waals surface area contributed by atoms with Gasteiger partial charge in [-0.1, -0.05) is 51.0 Å². The van der Waals surface area contributed by atoms with Crippen molar-refractivity contribution in [2.45, 2.75) is 39.5 Å². The number of anilines is 1. The maximum atomic E-state index is 11.8. The second-order valence-electron chi connectivity index (χ2n) is 11.1. The average Bonchev–Trinajstić information content (AvgIpc) is 3.12. The molecular formula is C38H39N7O3. The van der Waals surface area contributed by atoms with Gasteiger partial charge >= 0.3 is 6.16 Å². The maximum absolute atomic E-state index is 11.8. The molecule has 5 aromatic rings. The number of carbonyl (C=O) groups is 1. The number of benzene rings is 5. The van der Waals surface area contributed by atoms with Crippen LogP contribution < -0.4 is 9.64 Å². The summed E-state index contributed by atoms with van der Waals surface area (Å²) in [4.78, 5) is 14.0. The van der Waals surface area contributed by atoms with Crippen molar-refractivity contribution in [3.63, 3.8) is 0 Å². The molecule has 0 saturated heterocycles. The third-order valence-electron chi connectivity index (χ3n) is 7.45. The van der Waals surface area contributed by atoms with Crippen molar-refractivity contribution in [3.05, 3.63) is 109 Å². The third kappa shape index (κ3) is 9.62. The van der Waals surface area contributed by atoms with E-state index in [0.29, 0.717) is 35.1 Å². The highest BCUT2D eigenvalue weighted by Gasteiger charge is 2.08. The Morgan fingerprint density at radius 3 is 1.54 bits per heavy atom. The van der Waals surface area contributed by atoms with E-state index in [0.717, 1.165) is 41.5 Å². The van der Waals surface area contributed by atoms with E-state index < -0.39 is 6.16 Å². The Bertz CT molecular complexity index is 1870. The Balaban J connectivity index is 1.21. The van der Waals surface area contributed by atoms with Crippen LogP contribution in [0.5, 0.6) is 5.75 Å². The molecule has 5 rings (SSSR count). The van der Waals surface area contributed by atoms with E-state index >= 15 is 0 Å². The molecule has 0 aromatic heterocycles. The number of ether oxygens (including phenoxy) is 2. The minimum atomic E-state index is -0.719. The molecular weight excluding hydrogens is 602 g/mol. The lowest BCUT2D eigenvalue weighted by molar-refractivity contribution is 0.0978. The van der Waals surface area contributed by atoms with Gasteiger partial charge in [0, 0.05) is 30.1 Å². The van der Waals surface area contributed by atoms with Crippen molar-refractivity contribution in [1.29, 1.82) is 0 Å². The predicted molar refractivity (Wildman–Crippen MR) is 191 cm³/mol. The summed E-state index contributed by atoms with van der Waals surface area (Å²) < 4.78 is 10.2. The molecule has 0 fully saturated rings. The van der Waals surface area contributed by atoms with Crippen LogP contribution in [-0.4, -0.2) is 26.4 Å². The van der Waals surface area contributed by atoms with Crippen molar-refractivity contribution in [1.82, 2.24) is 0 Å². The van der Waals surface area contributed by atoms with E-state index in [-0.39, 0.29) is 0 Å². The summed E-state index contributed by atoms with van der Waals surface area (Å²) in [5, 5.41) is 28.4. The molecule has 0 radical (unpaired) electrons. The quantitative estimate of drug-likeness (QED) is 0.0519. The second-order valence-corrected chi connectivity index (χ2v) is 11.1. The van der Waals surface area contributed by atoms with E-state index in [1.54, 1.807) is 24.3 Å². The van der Waals surface area contributed by atoms with E-state index in [9.17, 15) is 4.79 Å². The summed E-state index contributed by atoms with van der Waals surface area (Å²) >= 11 is 0. The standard InChI is InChI=1S/C38H39N7O3/c1-4-6-26-45(3)32-20-16-30(17-21-32)40-39-28-12-14-29(15-13-28)41-43-36-24-25-37(35-11-9-8-10-34(35)36)44-42-31-18-22-33(23-19-31)48-38(46)47-27-7-5-2/h8-25H,4-7,26-27H2,1-3H3. The van der Waals surface area contributed by atoms with Crippen LogP contribution in [0, 0.1) is 0 Å². The van der Waals surface area contributed by atoms with E-state index in [4.69, 9.17) is 9.47 Å². The summed E-state index contributed by atoms with van der Waals surface area (Å²) in [7, 11) is 2.10. The number of nitrogens with zero attached hydrogens (tertiary/aromatic N) is 7. The van der Waals surface area contributed by atoms with Gasteiger partial charge in [0.2, 0.25) is 0 Å². The molecule has 48 heavy (non-hydrogen) atoms. The fraction of sp³-hybridized carbons (Fsp3) is 0.237. The van der Waals surface area contributed by atoms with Gasteiger partial charge < -0.3 is 14.4 Å². The molecule has 0 bridgehead atoms. The first-order valence-corrected chi connectivity index (χ1v) is 16.2. The van der Waals surface area contributed by atoms with Crippen LogP contribution in [0.4, 0.5) is 44.6 Å². The Morgan fingerprint density at radius 2 is 1.04 bits per heavy atom. The van der Waals surface area contributed by atoms with Gasteiger partial charge in [0.15, 0.2) is 0 Å². The molecule has 0 aliphatic carbocycles. The normalized spacial score (nSPS) is 11.6. The Morgan fingerprint density at radius 1 is 0.583 bits per heavy atom. The highest BCUT2D eigenvalue weighted by molar-refractivity contribution is 5.99. The maximum Gasteiger partial charge on any atom is 0.513 e. The summed E-state index contributed by atoms with van der Waals surface area (Å²) in [5.74, 6) is 0.377. The van der Waals surface area contributed by atoms with E-state index in [2.05, 4.69) is 61.7 Å². The third-order valence-corrected chi connectivity index (χ3v) is 7.45. The number of fused-ring (bicyclic) bond motifs is 1. The van der Waals surface area contributed by atoms with Gasteiger partial charge in [-0.05, 0) is 97.8 Å². The highest BCUT2D eigenvalue weighted by Crippen LogP contribution is 2.35. The van der Waals surface area contributed by atoms with Gasteiger partial charge in [0.25, 0.3) is 0 Å². The van der Waals surface area contributed by atoms with Crippen LogP contribution in [0.25, 0.3) is 10.8 Å². The Labute approximate surface area is 280 Å². The smallest absolute Gasteiger partial charge is 0.434 e. The molecule has 244 valence electrons. The van der Waals surface area contributed by atoms with Crippen molar-refractivity contribution in [2.75, 3.05) is 25.1 Å². The molecule has 0 unspecified atom stereocenters. The zero-order valence-electron chi connectivity index (χ0n) is 27.5. The molecule has 0 heterocycles. The zero-order valence-corrected chi connectivity index (χ0v) is 27.5. The molecule has 0 aliphatic rings. The van der Waals surface area contributed by atoms with Gasteiger partial charge in [-0.15, -0.1) is 10.2 Å². The first-order valence-electron chi connectivity index (χ1n) is 16.2. The summed E-state index contributed by atoms with van der Waals surface area (Å²) in [5.41, 5.74) is 5.41. The Hall–Kier alpha value is -5.77. The van der Waals surface area contributed by atoms with E-state index in [1.165, 1.54) is 18.5 Å². The predicted octanol–water partition coefficient (Wildman–Crippen LogP) is 12.6. The fourth-order valence-electron chi connectivity index (χ4n) is 4.67. The molecule has 5 aromatic carbocycles. The molecule has 0 N–H and O–H groups in total. The van der Waals surface area contributed by atoms with Crippen molar-refractivity contribution < 1.29 is 14.3 Å². The highest BCUT2D eigenvalue weighted by atomic mass is 16.7. The number of unbranched alkanes of at least 4 members (excludes halogenated alkanes) is 2. The number of carbonyl (C=O) groups excluding carboxylic acids is 1. The van der Waals surface area contributed by atoms with Crippen molar-refractivity contribution >= 4 is 56.7 Å². The molecule has 0 amide bonds. The van der Waals surface area contributed by atoms with Crippen LogP contribution in [0.2, 0.25) is 0 Å². The number of hydrogen-bond donors (Lipinski definition) is 0. The largest absolute Gasteiger partial charge is 0.513 e. The topological polar surface area (TPSA) is 113 Å². The lowest BCUT2D eigenvalue weighted by atomic mass is 10.1. The Kier molecular flexibility index (Phi) is 12.1. The lowest BCUT2D eigenvalue weighted by Gasteiger charge is -2.18. The van der Waals surface area contributed by atoms with Gasteiger partial charge in [-0.25, -0.2) is 4.79 Å². The van der Waals surface area contributed by atoms with Gasteiger partial charge in [-0.3, -0.25) is 0 Å². The fourth-order valence-corrected chi connectivity index (χ4v) is 4.67. The van der Waals surface area contributed by atoms with Gasteiger partial charge in [0.05, 0.1) is 40.7 Å². The number of rotatable bonds is 14. The zero-order chi connectivity index (χ0) is 33.6. The van der Waals surface area contributed by atoms with Crippen LogP contribution in [0.1, 0.15) is 39.5 Å². The number of hydrogen-bond acceptors (Lipinski definition) is 10. The van der Waals surface area contributed by atoms with Crippen LogP contribution >= 0.6 is 0 Å². The minimum absolute atomic E-state index is 0.338. The average molecular weight is 642 g/mol. The lowest BCUT2D eigenvalue weighted by Crippen LogP contribution is -2.17. The number of azo groups is 3. The SMILES string of the molecule is CCCCOC(=O)Oc1ccc(N=Nc2ccc(N=Nc3ccc(N=Nc4ccc(N(C)CCCC)cc4)cc3)c3ccccc23)cc1. The van der Waals surface area contributed by atoms with Crippen molar-refractivity contribution in [3.8, 4) is 5.75 Å². The van der Waals surface area contributed by atoms with Crippen LogP contribution in [0.15, 0.2) is 140 Å². The summed E-state index contributed by atoms with van der Waals surface area (Å²) in [6.07, 6.45) is 3.35. The first-order chi connectivity index (χ1) is 23.5. The molecule has 0 saturated carbocycles. The van der Waals surface area contributed by atoms with Gasteiger partial charge in [0.1, 0.15) is 5.75 Å². The molecule has 10 heteroatoms. The van der Waals surface area contributed by atoms with Crippen LogP contribution in [-0.2, 0) is 4.74 Å². The van der Waals surface area contributed by atoms with Crippen LogP contribution in [0.3, 0.4) is 0 Å². The van der Waals surface area contributed by atoms with Gasteiger partial charge in [-0.2, -0.15) is 20.5 Å². The van der Waals surface area contributed by atoms with Crippen molar-refractivity contribution in [2.24, 2.45) is 30.7 Å². The molecule has 0 spiro atoms. The molecule has 10 nitrogen and oxygen atoms in total. The molecule has 0 aliphatic heterocycles. The summed E-state index contributed by atoms with van der Waals surface area (Å²) in [6, 6.07) is 33.9. The minimum Gasteiger partial charge on any atom is -0.434 e. The second kappa shape index (κ2) is 17.2. The summed E-state index contributed by atoms with van der Waals surface area (Å²) in [6.45, 7) is 5.59. The van der Waals surface area contributed by atoms with E-state index in [1.807, 2.05) is 79.7 Å². The molecule has 0 atom stereocenters. The first kappa shape index (κ1) is 33.6.